The molecule has 2 N–H and O–H groups in total. The molecule has 13 heavy (non-hydrogen) atoms. The number of carbonyl (C=O) groups excluding carboxylic acids is 1. The molecule has 1 heterocycles. The molecule has 0 saturated carbocycles. The molecule has 0 aromatic carbocycles. The van der Waals surface area contributed by atoms with Crippen molar-refractivity contribution in [3.63, 3.8) is 0 Å². The van der Waals surface area contributed by atoms with E-state index in [0.29, 0.717) is 0 Å². The predicted octanol–water partition coefficient (Wildman–Crippen LogP) is 0.947. The van der Waals surface area contributed by atoms with Crippen LogP contribution in [-0.2, 0) is 4.79 Å². The molecule has 1 aromatic heterocycles. The van der Waals surface area contributed by atoms with E-state index in [4.69, 9.17) is 0 Å². The predicted molar refractivity (Wildman–Crippen MR) is 50.9 cm³/mol. The number of hydrogen-bond donors (Lipinski definition) is 2. The van der Waals surface area contributed by atoms with Crippen molar-refractivity contribution in [1.29, 1.82) is 0 Å². The summed E-state index contributed by atoms with van der Waals surface area (Å²) in [5.74, 6) is -0.0930. The van der Waals surface area contributed by atoms with Gasteiger partial charge in [-0.25, -0.2) is 4.98 Å². The van der Waals surface area contributed by atoms with Gasteiger partial charge in [0.25, 0.3) is 0 Å². The number of amides is 1. The Morgan fingerprint density at radius 2 is 2.46 bits per heavy atom. The van der Waals surface area contributed by atoms with Gasteiger partial charge in [-0.15, -0.1) is 0 Å². The van der Waals surface area contributed by atoms with Gasteiger partial charge in [0, 0.05) is 12.1 Å². The zero-order chi connectivity index (χ0) is 9.68. The molecule has 1 amide bonds. The topological polar surface area (TPSA) is 57.8 Å². The average molecular weight is 179 g/mol. The van der Waals surface area contributed by atoms with E-state index in [2.05, 4.69) is 15.3 Å². The maximum Gasteiger partial charge on any atom is 0.244 e. The monoisotopic (exact) mass is 179 g/mol. The molecule has 0 radical (unpaired) electrons. The number of aromatic nitrogens is 2. The number of nitrogens with zero attached hydrogens (tertiary/aromatic N) is 1. The number of nitrogens with one attached hydrogen (secondary N) is 2. The first-order chi connectivity index (χ1) is 6.18. The molecular formula is C9H13N3O. The molecule has 0 fully saturated rings. The fourth-order valence-corrected chi connectivity index (χ4v) is 0.856. The summed E-state index contributed by atoms with van der Waals surface area (Å²) in [6, 6.07) is 0.166. The van der Waals surface area contributed by atoms with Crippen molar-refractivity contribution >= 4 is 12.0 Å². The zero-order valence-corrected chi connectivity index (χ0v) is 7.74. The van der Waals surface area contributed by atoms with Gasteiger partial charge in [0.15, 0.2) is 0 Å². The molecule has 0 aliphatic carbocycles. The van der Waals surface area contributed by atoms with E-state index < -0.39 is 0 Å². The van der Waals surface area contributed by atoms with E-state index in [1.165, 1.54) is 6.08 Å². The van der Waals surface area contributed by atoms with Gasteiger partial charge in [0.1, 0.15) is 0 Å². The van der Waals surface area contributed by atoms with Crippen LogP contribution in [-0.4, -0.2) is 21.9 Å². The highest BCUT2D eigenvalue weighted by Gasteiger charge is 1.96. The molecule has 70 valence electrons. The Bertz CT molecular complexity index is 288. The molecule has 0 spiro atoms. The molecule has 4 heteroatoms. The second-order valence-corrected chi connectivity index (χ2v) is 3.00. The number of H-pyrrole nitrogens is 1. The van der Waals surface area contributed by atoms with Crippen molar-refractivity contribution in [3.05, 3.63) is 24.3 Å². The van der Waals surface area contributed by atoms with E-state index in [9.17, 15) is 4.79 Å². The third kappa shape index (κ3) is 3.55. The molecule has 0 aliphatic heterocycles. The average Bonchev–Trinajstić information content (AvgIpc) is 2.51. The maximum atomic E-state index is 11.1. The van der Waals surface area contributed by atoms with Crippen molar-refractivity contribution in [3.8, 4) is 0 Å². The van der Waals surface area contributed by atoms with Crippen LogP contribution < -0.4 is 5.32 Å². The van der Waals surface area contributed by atoms with Crippen LogP contribution in [0.1, 0.15) is 19.5 Å². The summed E-state index contributed by atoms with van der Waals surface area (Å²) >= 11 is 0. The summed E-state index contributed by atoms with van der Waals surface area (Å²) in [7, 11) is 0. The van der Waals surface area contributed by atoms with Gasteiger partial charge >= 0.3 is 0 Å². The SMILES string of the molecule is CC(C)NC(=O)/C=C/c1cnc[nH]1. The standard InChI is InChI=1S/C9H13N3O/c1-7(2)12-9(13)4-3-8-5-10-6-11-8/h3-7H,1-2H3,(H,10,11)(H,12,13)/b4-3+. The first-order valence-electron chi connectivity index (χ1n) is 4.15. The largest absolute Gasteiger partial charge is 0.350 e. The fraction of sp³-hybridized carbons (Fsp3) is 0.333. The molecule has 4 nitrogen and oxygen atoms in total. The number of aromatic amines is 1. The summed E-state index contributed by atoms with van der Waals surface area (Å²) < 4.78 is 0. The number of hydrogen-bond acceptors (Lipinski definition) is 2. The minimum Gasteiger partial charge on any atom is -0.350 e. The first-order valence-corrected chi connectivity index (χ1v) is 4.15. The summed E-state index contributed by atoms with van der Waals surface area (Å²) in [5.41, 5.74) is 0.818. The highest BCUT2D eigenvalue weighted by Crippen LogP contribution is 1.93. The Labute approximate surface area is 77.1 Å². The molecule has 1 aromatic rings. The van der Waals surface area contributed by atoms with Gasteiger partial charge in [0.2, 0.25) is 5.91 Å². The molecular weight excluding hydrogens is 166 g/mol. The minimum absolute atomic E-state index is 0.0930. The summed E-state index contributed by atoms with van der Waals surface area (Å²) in [5, 5.41) is 2.75. The van der Waals surface area contributed by atoms with E-state index in [-0.39, 0.29) is 11.9 Å². The van der Waals surface area contributed by atoms with E-state index >= 15 is 0 Å². The van der Waals surface area contributed by atoms with Crippen molar-refractivity contribution in [2.24, 2.45) is 0 Å². The number of rotatable bonds is 3. The second kappa shape index (κ2) is 4.45. The Morgan fingerprint density at radius 3 is 3.00 bits per heavy atom. The molecule has 0 saturated heterocycles. The number of carbonyl (C=O) groups is 1. The van der Waals surface area contributed by atoms with Gasteiger partial charge in [0.05, 0.1) is 18.2 Å². The van der Waals surface area contributed by atoms with Gasteiger partial charge in [-0.2, -0.15) is 0 Å². The molecule has 1 rings (SSSR count). The van der Waals surface area contributed by atoms with E-state index in [0.717, 1.165) is 5.69 Å². The van der Waals surface area contributed by atoms with Gasteiger partial charge in [-0.1, -0.05) is 0 Å². The van der Waals surface area contributed by atoms with Crippen LogP contribution in [0.3, 0.4) is 0 Å². The molecule has 0 bridgehead atoms. The smallest absolute Gasteiger partial charge is 0.244 e. The van der Waals surface area contributed by atoms with E-state index in [1.807, 2.05) is 13.8 Å². The Morgan fingerprint density at radius 1 is 1.69 bits per heavy atom. The van der Waals surface area contributed by atoms with Gasteiger partial charge < -0.3 is 10.3 Å². The normalized spacial score (nSPS) is 11.0. The second-order valence-electron chi connectivity index (χ2n) is 3.00. The van der Waals surface area contributed by atoms with Crippen LogP contribution in [0.5, 0.6) is 0 Å². The van der Waals surface area contributed by atoms with Crippen molar-refractivity contribution in [2.75, 3.05) is 0 Å². The molecule has 0 atom stereocenters. The summed E-state index contributed by atoms with van der Waals surface area (Å²) in [6.45, 7) is 3.84. The highest BCUT2D eigenvalue weighted by molar-refractivity contribution is 5.91. The van der Waals surface area contributed by atoms with Crippen LogP contribution in [0.4, 0.5) is 0 Å². The fourth-order valence-electron chi connectivity index (χ4n) is 0.856. The Hall–Kier alpha value is -1.58. The van der Waals surface area contributed by atoms with E-state index in [1.54, 1.807) is 18.6 Å². The summed E-state index contributed by atoms with van der Waals surface area (Å²) in [6.07, 6.45) is 6.39. The van der Waals surface area contributed by atoms with Gasteiger partial charge in [-0.3, -0.25) is 4.79 Å². The summed E-state index contributed by atoms with van der Waals surface area (Å²) in [4.78, 5) is 17.8. The highest BCUT2D eigenvalue weighted by atomic mass is 16.1. The zero-order valence-electron chi connectivity index (χ0n) is 7.74. The minimum atomic E-state index is -0.0930. The van der Waals surface area contributed by atoms with Crippen LogP contribution in [0.2, 0.25) is 0 Å². The van der Waals surface area contributed by atoms with Gasteiger partial charge in [-0.05, 0) is 19.9 Å². The lowest BCUT2D eigenvalue weighted by molar-refractivity contribution is -0.116. The number of imidazole rings is 1. The Kier molecular flexibility index (Phi) is 3.25. The van der Waals surface area contributed by atoms with Crippen molar-refractivity contribution in [1.82, 2.24) is 15.3 Å². The van der Waals surface area contributed by atoms with Crippen molar-refractivity contribution < 1.29 is 4.79 Å². The lowest BCUT2D eigenvalue weighted by Gasteiger charge is -2.03. The van der Waals surface area contributed by atoms with Crippen LogP contribution in [0.25, 0.3) is 6.08 Å². The Balaban J connectivity index is 2.44. The molecule has 0 aliphatic rings. The third-order valence-electron chi connectivity index (χ3n) is 1.36. The van der Waals surface area contributed by atoms with Crippen LogP contribution in [0, 0.1) is 0 Å². The third-order valence-corrected chi connectivity index (χ3v) is 1.36. The first kappa shape index (κ1) is 9.51. The lowest BCUT2D eigenvalue weighted by atomic mass is 10.3. The quantitative estimate of drug-likeness (QED) is 0.679. The van der Waals surface area contributed by atoms with Crippen LogP contribution in [0.15, 0.2) is 18.6 Å². The van der Waals surface area contributed by atoms with Crippen molar-refractivity contribution in [2.45, 2.75) is 19.9 Å². The van der Waals surface area contributed by atoms with Crippen LogP contribution >= 0.6 is 0 Å². The maximum absolute atomic E-state index is 11.1. The molecule has 0 unspecified atom stereocenters. The lowest BCUT2D eigenvalue weighted by Crippen LogP contribution is -2.28.